The zero-order valence-electron chi connectivity index (χ0n) is 15.5. The van der Waals surface area contributed by atoms with Gasteiger partial charge < -0.3 is 15.0 Å². The third kappa shape index (κ3) is 3.19. The van der Waals surface area contributed by atoms with Gasteiger partial charge in [0.05, 0.1) is 12.2 Å². The van der Waals surface area contributed by atoms with E-state index in [0.717, 1.165) is 29.8 Å². The topological polar surface area (TPSA) is 41.6 Å². The Morgan fingerprint density at radius 2 is 1.92 bits per heavy atom. The molecule has 0 bridgehead atoms. The van der Waals surface area contributed by atoms with Gasteiger partial charge in [-0.15, -0.1) is 6.58 Å². The molecule has 4 heteroatoms. The summed E-state index contributed by atoms with van der Waals surface area (Å²) in [6.07, 6.45) is 3.83. The monoisotopic (exact) mass is 350 g/mol. The molecule has 1 atom stereocenters. The Kier molecular flexibility index (Phi) is 5.31. The van der Waals surface area contributed by atoms with Crippen LogP contribution in [0.3, 0.4) is 0 Å². The number of carbonyl (C=O) groups is 1. The maximum absolute atomic E-state index is 13.2. The van der Waals surface area contributed by atoms with Crippen molar-refractivity contribution in [3.8, 4) is 5.75 Å². The molecule has 1 aliphatic rings. The van der Waals surface area contributed by atoms with Crippen molar-refractivity contribution in [2.45, 2.75) is 32.4 Å². The minimum atomic E-state index is -0.720. The summed E-state index contributed by atoms with van der Waals surface area (Å²) in [5.41, 5.74) is 1.74. The van der Waals surface area contributed by atoms with E-state index >= 15 is 0 Å². The normalized spacial score (nSPS) is 18.8. The summed E-state index contributed by atoms with van der Waals surface area (Å²) >= 11 is 0. The molecule has 2 aromatic carbocycles. The van der Waals surface area contributed by atoms with E-state index in [1.165, 1.54) is 0 Å². The fraction of sp³-hybridized carbons (Fsp3) is 0.318. The van der Waals surface area contributed by atoms with Gasteiger partial charge in [-0.05, 0) is 31.5 Å². The Balaban J connectivity index is 2.07. The molecule has 0 saturated carbocycles. The van der Waals surface area contributed by atoms with Crippen LogP contribution in [0.4, 0.5) is 5.69 Å². The number of ether oxygens (including phenoxy) is 1. The van der Waals surface area contributed by atoms with E-state index in [1.54, 1.807) is 6.08 Å². The number of hydrogen-bond acceptors (Lipinski definition) is 3. The highest BCUT2D eigenvalue weighted by Gasteiger charge is 2.43. The lowest BCUT2D eigenvalue weighted by Crippen LogP contribution is -2.56. The number of amides is 1. The summed E-state index contributed by atoms with van der Waals surface area (Å²) in [5.74, 6) is 0.794. The summed E-state index contributed by atoms with van der Waals surface area (Å²) < 4.78 is 6.04. The maximum atomic E-state index is 13.2. The molecule has 2 aromatic rings. The predicted molar refractivity (Wildman–Crippen MR) is 105 cm³/mol. The second-order valence-corrected chi connectivity index (χ2v) is 6.65. The molecular formula is C22H26N2O2. The van der Waals surface area contributed by atoms with E-state index in [1.807, 2.05) is 60.4 Å². The molecule has 0 fully saturated rings. The molecule has 0 radical (unpaired) electrons. The smallest absolute Gasteiger partial charge is 0.258 e. The molecule has 1 aliphatic heterocycles. The van der Waals surface area contributed by atoms with Gasteiger partial charge in [-0.3, -0.25) is 4.79 Å². The van der Waals surface area contributed by atoms with E-state index in [-0.39, 0.29) is 5.91 Å². The number of anilines is 1. The Hall–Kier alpha value is -2.75. The van der Waals surface area contributed by atoms with E-state index in [4.69, 9.17) is 4.74 Å². The molecule has 0 aromatic heterocycles. The standard InChI is InChI=1S/C22H26N2O2/c1-4-6-16-26-20-14-10-8-12-18(20)22(3)23-19-13-9-7-11-17(19)21(25)24(22)15-5-2/h5,7-14,23H,2,4,6,15-16H2,1,3H3. The number of para-hydroxylation sites is 2. The average Bonchev–Trinajstić information content (AvgIpc) is 2.66. The zero-order valence-corrected chi connectivity index (χ0v) is 15.5. The molecule has 1 unspecified atom stereocenters. The van der Waals surface area contributed by atoms with Crippen molar-refractivity contribution in [1.82, 2.24) is 4.90 Å². The summed E-state index contributed by atoms with van der Waals surface area (Å²) in [4.78, 5) is 15.0. The molecule has 3 rings (SSSR count). The molecule has 1 amide bonds. The van der Waals surface area contributed by atoms with E-state index < -0.39 is 5.66 Å². The van der Waals surface area contributed by atoms with Crippen LogP contribution < -0.4 is 10.1 Å². The lowest BCUT2D eigenvalue weighted by Gasteiger charge is -2.46. The van der Waals surface area contributed by atoms with Crippen molar-refractivity contribution in [2.24, 2.45) is 0 Å². The number of fused-ring (bicyclic) bond motifs is 1. The Labute approximate surface area is 155 Å². The zero-order chi connectivity index (χ0) is 18.6. The highest BCUT2D eigenvalue weighted by atomic mass is 16.5. The van der Waals surface area contributed by atoms with Crippen molar-refractivity contribution >= 4 is 11.6 Å². The number of hydrogen-bond donors (Lipinski definition) is 1. The first kappa shape index (κ1) is 18.1. The predicted octanol–water partition coefficient (Wildman–Crippen LogP) is 4.79. The number of benzene rings is 2. The highest BCUT2D eigenvalue weighted by Crippen LogP contribution is 2.41. The number of carbonyl (C=O) groups excluding carboxylic acids is 1. The largest absolute Gasteiger partial charge is 0.493 e. The third-order valence-corrected chi connectivity index (χ3v) is 4.80. The maximum Gasteiger partial charge on any atom is 0.258 e. The molecule has 4 nitrogen and oxygen atoms in total. The van der Waals surface area contributed by atoms with Crippen LogP contribution in [-0.2, 0) is 5.66 Å². The number of unbranched alkanes of at least 4 members (excludes halogenated alkanes) is 1. The summed E-state index contributed by atoms with van der Waals surface area (Å²) in [7, 11) is 0. The van der Waals surface area contributed by atoms with Gasteiger partial charge in [0, 0.05) is 17.8 Å². The average molecular weight is 350 g/mol. The lowest BCUT2D eigenvalue weighted by molar-refractivity contribution is 0.0566. The van der Waals surface area contributed by atoms with Crippen molar-refractivity contribution in [2.75, 3.05) is 18.5 Å². The van der Waals surface area contributed by atoms with Crippen LogP contribution in [0.15, 0.2) is 61.2 Å². The summed E-state index contributed by atoms with van der Waals surface area (Å²) in [6, 6.07) is 15.5. The van der Waals surface area contributed by atoms with Crippen molar-refractivity contribution in [1.29, 1.82) is 0 Å². The number of nitrogens with zero attached hydrogens (tertiary/aromatic N) is 1. The first-order valence-electron chi connectivity index (χ1n) is 9.14. The fourth-order valence-electron chi connectivity index (χ4n) is 3.39. The molecule has 136 valence electrons. The Bertz CT molecular complexity index is 802. The van der Waals surface area contributed by atoms with E-state index in [2.05, 4.69) is 18.8 Å². The molecule has 0 spiro atoms. The summed E-state index contributed by atoms with van der Waals surface area (Å²) in [5, 5.41) is 3.56. The lowest BCUT2D eigenvalue weighted by atomic mass is 9.92. The minimum absolute atomic E-state index is 0.00916. The van der Waals surface area contributed by atoms with Crippen molar-refractivity contribution < 1.29 is 9.53 Å². The van der Waals surface area contributed by atoms with Crippen LogP contribution in [0.2, 0.25) is 0 Å². The number of rotatable bonds is 7. The van der Waals surface area contributed by atoms with Crippen LogP contribution in [0.25, 0.3) is 0 Å². The highest BCUT2D eigenvalue weighted by molar-refractivity contribution is 6.02. The molecule has 1 heterocycles. The molecule has 0 saturated heterocycles. The SMILES string of the molecule is C=CCN1C(=O)c2ccccc2NC1(C)c1ccccc1OCCCC. The van der Waals surface area contributed by atoms with Crippen LogP contribution in [0.1, 0.15) is 42.6 Å². The first-order chi connectivity index (χ1) is 12.6. The second-order valence-electron chi connectivity index (χ2n) is 6.65. The minimum Gasteiger partial charge on any atom is -0.493 e. The molecular weight excluding hydrogens is 324 g/mol. The van der Waals surface area contributed by atoms with Gasteiger partial charge in [-0.1, -0.05) is 49.8 Å². The Morgan fingerprint density at radius 1 is 1.19 bits per heavy atom. The van der Waals surface area contributed by atoms with Gasteiger partial charge in [0.2, 0.25) is 0 Å². The van der Waals surface area contributed by atoms with Crippen LogP contribution >= 0.6 is 0 Å². The number of nitrogens with one attached hydrogen (secondary N) is 1. The van der Waals surface area contributed by atoms with Gasteiger partial charge in [0.25, 0.3) is 5.91 Å². The second kappa shape index (κ2) is 7.65. The van der Waals surface area contributed by atoms with Crippen molar-refractivity contribution in [3.63, 3.8) is 0 Å². The van der Waals surface area contributed by atoms with Crippen molar-refractivity contribution in [3.05, 3.63) is 72.3 Å². The van der Waals surface area contributed by atoms with Gasteiger partial charge in [-0.2, -0.15) is 0 Å². The Morgan fingerprint density at radius 3 is 2.69 bits per heavy atom. The van der Waals surface area contributed by atoms with Crippen LogP contribution in [0.5, 0.6) is 5.75 Å². The first-order valence-corrected chi connectivity index (χ1v) is 9.14. The summed E-state index contributed by atoms with van der Waals surface area (Å²) in [6.45, 7) is 9.10. The van der Waals surface area contributed by atoms with Gasteiger partial charge in [0.15, 0.2) is 0 Å². The molecule has 0 aliphatic carbocycles. The van der Waals surface area contributed by atoms with E-state index in [9.17, 15) is 4.79 Å². The van der Waals surface area contributed by atoms with Gasteiger partial charge in [0.1, 0.15) is 11.4 Å². The fourth-order valence-corrected chi connectivity index (χ4v) is 3.39. The molecule has 26 heavy (non-hydrogen) atoms. The van der Waals surface area contributed by atoms with Gasteiger partial charge >= 0.3 is 0 Å². The van der Waals surface area contributed by atoms with E-state index in [0.29, 0.717) is 18.7 Å². The quantitative estimate of drug-likeness (QED) is 0.576. The van der Waals surface area contributed by atoms with Gasteiger partial charge in [-0.25, -0.2) is 0 Å². The third-order valence-electron chi connectivity index (χ3n) is 4.80. The van der Waals surface area contributed by atoms with Crippen LogP contribution in [0, 0.1) is 0 Å². The molecule has 1 N–H and O–H groups in total. The van der Waals surface area contributed by atoms with Crippen LogP contribution in [-0.4, -0.2) is 24.0 Å².